The molecule has 0 saturated heterocycles. The largest absolute Gasteiger partial charge is 0.453 e. The first-order valence-corrected chi connectivity index (χ1v) is 31.9. The van der Waals surface area contributed by atoms with Gasteiger partial charge in [0.15, 0.2) is 23.0 Å². The van der Waals surface area contributed by atoms with Crippen molar-refractivity contribution < 1.29 is 9.47 Å². The molecule has 15 aromatic carbocycles. The van der Waals surface area contributed by atoms with Gasteiger partial charge in [0, 0.05) is 11.4 Å². The molecule has 4 aliphatic carbocycles. The Bertz CT molecular complexity index is 5200. The van der Waals surface area contributed by atoms with Gasteiger partial charge in [-0.15, -0.1) is 0 Å². The van der Waals surface area contributed by atoms with Crippen LogP contribution in [-0.2, 0) is 10.8 Å². The molecule has 4 nitrogen and oxygen atoms in total. The SMILES string of the molecule is c1ccc2c(c1)Oc1ccccc1N2c1ccc2c(-c3ccc4c(c3)C3(c5ccccc5-c5ccccc53)c3ccccc3-4)c3cc(N4c5ccccc5Oc5ccccc54)ccc3c(-c3ccc4c(c3)C3(c5ccccc5-c5ccccc53)c3ccccc3-4)c2c1. The maximum absolute atomic E-state index is 6.70. The van der Waals surface area contributed by atoms with Gasteiger partial charge in [0.25, 0.3) is 0 Å². The number of para-hydroxylation sites is 8. The summed E-state index contributed by atoms with van der Waals surface area (Å²) in [5, 5.41) is 4.59. The molecule has 21 rings (SSSR count). The van der Waals surface area contributed by atoms with Crippen molar-refractivity contribution in [2.45, 2.75) is 10.8 Å². The van der Waals surface area contributed by atoms with Crippen LogP contribution in [0.25, 0.3) is 88.3 Å². The van der Waals surface area contributed by atoms with Crippen LogP contribution in [0.4, 0.5) is 34.1 Å². The molecule has 0 radical (unpaired) electrons. The van der Waals surface area contributed by atoms with E-state index < -0.39 is 10.8 Å². The highest BCUT2D eigenvalue weighted by Crippen LogP contribution is 2.66. The molecule has 2 heterocycles. The van der Waals surface area contributed by atoms with Crippen LogP contribution >= 0.6 is 0 Å². The third-order valence-electron chi connectivity index (χ3n) is 21.0. The molecule has 92 heavy (non-hydrogen) atoms. The zero-order valence-corrected chi connectivity index (χ0v) is 49.7. The molecule has 0 saturated carbocycles. The Morgan fingerprint density at radius 1 is 0.207 bits per heavy atom. The van der Waals surface area contributed by atoms with E-state index in [1.165, 1.54) is 100 Å². The lowest BCUT2D eigenvalue weighted by Gasteiger charge is -2.34. The fourth-order valence-electron chi connectivity index (χ4n) is 17.6. The van der Waals surface area contributed by atoms with E-state index in [0.717, 1.165) is 89.8 Å². The van der Waals surface area contributed by atoms with Gasteiger partial charge in [-0.05, 0) is 218 Å². The van der Waals surface area contributed by atoms with Crippen molar-refractivity contribution in [3.05, 3.63) is 360 Å². The number of benzene rings is 15. The smallest absolute Gasteiger partial charge is 0.151 e. The lowest BCUT2D eigenvalue weighted by Crippen LogP contribution is -2.25. The first-order chi connectivity index (χ1) is 45.6. The molecule has 2 spiro atoms. The van der Waals surface area contributed by atoms with E-state index in [1.54, 1.807) is 0 Å². The number of anilines is 6. The minimum absolute atomic E-state index is 0.549. The van der Waals surface area contributed by atoms with Crippen molar-refractivity contribution in [3.63, 3.8) is 0 Å². The maximum Gasteiger partial charge on any atom is 0.151 e. The zero-order valence-electron chi connectivity index (χ0n) is 49.7. The lowest BCUT2D eigenvalue weighted by molar-refractivity contribution is 0.477. The minimum atomic E-state index is -0.549. The second kappa shape index (κ2) is 18.3. The fourth-order valence-corrected chi connectivity index (χ4v) is 17.6. The summed E-state index contributed by atoms with van der Waals surface area (Å²) < 4.78 is 13.4. The highest BCUT2D eigenvalue weighted by Gasteiger charge is 2.53. The molecule has 0 N–H and O–H groups in total. The van der Waals surface area contributed by atoms with Gasteiger partial charge in [-0.3, -0.25) is 0 Å². The molecule has 15 aromatic rings. The van der Waals surface area contributed by atoms with Crippen LogP contribution in [0.2, 0.25) is 0 Å². The summed E-state index contributed by atoms with van der Waals surface area (Å²) in [6, 6.07) is 118. The van der Waals surface area contributed by atoms with Gasteiger partial charge >= 0.3 is 0 Å². The van der Waals surface area contributed by atoms with Crippen molar-refractivity contribution in [3.8, 4) is 89.8 Å². The molecule has 0 unspecified atom stereocenters. The monoisotopic (exact) mass is 1170 g/mol. The van der Waals surface area contributed by atoms with Crippen molar-refractivity contribution in [2.75, 3.05) is 9.80 Å². The Kier molecular flexibility index (Phi) is 9.95. The number of ether oxygens (including phenoxy) is 2. The van der Waals surface area contributed by atoms with Gasteiger partial charge in [0.05, 0.1) is 33.6 Å². The van der Waals surface area contributed by atoms with Gasteiger partial charge in [-0.2, -0.15) is 0 Å². The average molecular weight is 1170 g/mol. The van der Waals surface area contributed by atoms with E-state index in [-0.39, 0.29) is 0 Å². The van der Waals surface area contributed by atoms with Crippen LogP contribution in [0.1, 0.15) is 44.5 Å². The first-order valence-electron chi connectivity index (χ1n) is 31.9. The fraction of sp³-hybridized carbons (Fsp3) is 0.0227. The molecule has 0 amide bonds. The highest BCUT2D eigenvalue weighted by atomic mass is 16.5. The average Bonchev–Trinajstić information content (AvgIpc) is 1.51. The molecule has 2 aliphatic heterocycles. The molecule has 0 bridgehead atoms. The summed E-state index contributed by atoms with van der Waals surface area (Å²) in [6.45, 7) is 0. The van der Waals surface area contributed by atoms with Crippen molar-refractivity contribution in [1.29, 1.82) is 0 Å². The second-order valence-corrected chi connectivity index (χ2v) is 25.2. The molecule has 0 aromatic heterocycles. The van der Waals surface area contributed by atoms with E-state index in [2.05, 4.69) is 325 Å². The topological polar surface area (TPSA) is 24.9 Å². The number of hydrogen-bond acceptors (Lipinski definition) is 4. The van der Waals surface area contributed by atoms with E-state index in [4.69, 9.17) is 9.47 Å². The number of rotatable bonds is 4. The maximum atomic E-state index is 6.70. The Hall–Kier alpha value is -12.0. The normalized spacial score (nSPS) is 14.4. The summed E-state index contributed by atoms with van der Waals surface area (Å²) in [5.41, 5.74) is 30.3. The summed E-state index contributed by atoms with van der Waals surface area (Å²) >= 11 is 0. The van der Waals surface area contributed by atoms with Crippen LogP contribution < -0.4 is 19.3 Å². The molecule has 6 aliphatic rings. The Morgan fingerprint density at radius 2 is 0.467 bits per heavy atom. The summed E-state index contributed by atoms with van der Waals surface area (Å²) in [5.74, 6) is 3.25. The summed E-state index contributed by atoms with van der Waals surface area (Å²) in [7, 11) is 0. The van der Waals surface area contributed by atoms with Crippen molar-refractivity contribution in [1.82, 2.24) is 0 Å². The third kappa shape index (κ3) is 6.35. The molecule has 426 valence electrons. The standard InChI is InChI=1S/C88H52N2O2/c1-7-27-69-57(21-1)58-22-2-8-28-70(58)87(69)73-31-11-5-25-61(73)63-45-41-53(49-75(63)87)85-65-47-43-56(90-79-35-15-19-39-83(79)92-84-40-20-16-36-80(84)90)52-68(65)86(66-48-44-55(51-67(66)85)89-77-33-13-17-37-81(77)91-82-38-18-14-34-78(82)89)54-42-46-64-62-26-6-12-32-74(62)88(76(64)50-54)71-29-9-3-23-59(71)60-24-4-10-30-72(60)88/h1-52H. The first kappa shape index (κ1) is 49.9. The van der Waals surface area contributed by atoms with Crippen LogP contribution in [0.15, 0.2) is 315 Å². The summed E-state index contributed by atoms with van der Waals surface area (Å²) in [4.78, 5) is 4.79. The Morgan fingerprint density at radius 3 is 0.772 bits per heavy atom. The summed E-state index contributed by atoms with van der Waals surface area (Å²) in [6.07, 6.45) is 0. The van der Waals surface area contributed by atoms with Crippen molar-refractivity contribution >= 4 is 55.7 Å². The second-order valence-electron chi connectivity index (χ2n) is 25.2. The molecular formula is C88H52N2O2. The van der Waals surface area contributed by atoms with E-state index in [0.29, 0.717) is 0 Å². The molecule has 0 atom stereocenters. The van der Waals surface area contributed by atoms with E-state index in [1.807, 2.05) is 0 Å². The zero-order chi connectivity index (χ0) is 60.0. The molecular weight excluding hydrogens is 1120 g/mol. The highest BCUT2D eigenvalue weighted by molar-refractivity contribution is 6.23. The van der Waals surface area contributed by atoms with Gasteiger partial charge in [-0.1, -0.05) is 231 Å². The van der Waals surface area contributed by atoms with Crippen LogP contribution in [0, 0.1) is 0 Å². The van der Waals surface area contributed by atoms with Gasteiger partial charge < -0.3 is 19.3 Å². The van der Waals surface area contributed by atoms with E-state index >= 15 is 0 Å². The van der Waals surface area contributed by atoms with E-state index in [9.17, 15) is 0 Å². The molecule has 0 fully saturated rings. The predicted molar refractivity (Wildman–Crippen MR) is 374 cm³/mol. The van der Waals surface area contributed by atoms with Gasteiger partial charge in [-0.25, -0.2) is 0 Å². The lowest BCUT2D eigenvalue weighted by atomic mass is 9.70. The van der Waals surface area contributed by atoms with Crippen LogP contribution in [-0.4, -0.2) is 0 Å². The van der Waals surface area contributed by atoms with Crippen LogP contribution in [0.3, 0.4) is 0 Å². The number of nitrogens with zero attached hydrogens (tertiary/aromatic N) is 2. The van der Waals surface area contributed by atoms with Crippen LogP contribution in [0.5, 0.6) is 23.0 Å². The number of hydrogen-bond donors (Lipinski definition) is 0. The minimum Gasteiger partial charge on any atom is -0.453 e. The third-order valence-corrected chi connectivity index (χ3v) is 21.0. The quantitative estimate of drug-likeness (QED) is 0.164. The Labute approximate surface area is 532 Å². The predicted octanol–water partition coefficient (Wildman–Crippen LogP) is 23.2. The van der Waals surface area contributed by atoms with Gasteiger partial charge in [0.1, 0.15) is 0 Å². The molecule has 4 heteroatoms. The number of fused-ring (bicyclic) bond motifs is 26. The van der Waals surface area contributed by atoms with Gasteiger partial charge in [0.2, 0.25) is 0 Å². The Balaban J connectivity index is 0.902. The van der Waals surface area contributed by atoms with Crippen molar-refractivity contribution in [2.24, 2.45) is 0 Å².